The van der Waals surface area contributed by atoms with Gasteiger partial charge in [0, 0.05) is 49.2 Å². The van der Waals surface area contributed by atoms with E-state index in [0.29, 0.717) is 24.3 Å². The number of aryl methyl sites for hydroxylation is 1. The van der Waals surface area contributed by atoms with Crippen molar-refractivity contribution in [1.29, 1.82) is 0 Å². The third-order valence-electron chi connectivity index (χ3n) is 8.52. The quantitative estimate of drug-likeness (QED) is 0.668. The lowest BCUT2D eigenvalue weighted by Crippen LogP contribution is -2.60. The van der Waals surface area contributed by atoms with Crippen LogP contribution in [0.3, 0.4) is 0 Å². The second-order valence-electron chi connectivity index (χ2n) is 10.3. The van der Waals surface area contributed by atoms with Crippen molar-refractivity contribution < 1.29 is 9.53 Å². The van der Waals surface area contributed by atoms with Gasteiger partial charge in [0.1, 0.15) is 5.75 Å². The molecule has 4 aliphatic rings. The lowest BCUT2D eigenvalue weighted by atomic mass is 9.68. The van der Waals surface area contributed by atoms with E-state index in [1.165, 1.54) is 50.7 Å². The molecule has 1 amide bonds. The summed E-state index contributed by atoms with van der Waals surface area (Å²) in [6.07, 6.45) is 13.0. The molecule has 4 heterocycles. The fraction of sp³-hybridized carbons (Fsp3) is 0.593. The molecular weight excluding hydrogens is 398 g/mol. The number of amides is 1. The van der Waals surface area contributed by atoms with Crippen LogP contribution in [0, 0.1) is 11.8 Å². The fourth-order valence-electron chi connectivity index (χ4n) is 7.11. The van der Waals surface area contributed by atoms with Gasteiger partial charge < -0.3 is 14.2 Å². The van der Waals surface area contributed by atoms with Crippen molar-refractivity contribution >= 4 is 16.8 Å². The topological polar surface area (TPSA) is 37.7 Å². The van der Waals surface area contributed by atoms with E-state index in [9.17, 15) is 4.79 Å². The van der Waals surface area contributed by atoms with Gasteiger partial charge in [-0.15, -0.1) is 0 Å². The summed E-state index contributed by atoms with van der Waals surface area (Å²) >= 11 is 0. The number of ether oxygens (including phenoxy) is 1. The van der Waals surface area contributed by atoms with E-state index in [1.807, 2.05) is 6.07 Å². The molecule has 0 saturated carbocycles. The number of carbonyl (C=O) groups is 1. The number of hydrogen-bond acceptors (Lipinski definition) is 3. The molecule has 3 aliphatic heterocycles. The largest absolute Gasteiger partial charge is 0.497 e. The minimum atomic E-state index is 0.329. The Bertz CT molecular complexity index is 1040. The van der Waals surface area contributed by atoms with Crippen LogP contribution >= 0.6 is 0 Å². The van der Waals surface area contributed by atoms with Crippen molar-refractivity contribution in [3.63, 3.8) is 0 Å². The van der Waals surface area contributed by atoms with Gasteiger partial charge in [-0.3, -0.25) is 9.69 Å². The highest BCUT2D eigenvalue weighted by atomic mass is 16.5. The maximum atomic E-state index is 13.5. The predicted molar refractivity (Wildman–Crippen MR) is 127 cm³/mol. The van der Waals surface area contributed by atoms with E-state index >= 15 is 0 Å². The summed E-state index contributed by atoms with van der Waals surface area (Å²) in [7, 11) is 1.70. The fourth-order valence-corrected chi connectivity index (χ4v) is 7.11. The highest BCUT2D eigenvalue weighted by Crippen LogP contribution is 2.45. The number of aromatic nitrogens is 1. The van der Waals surface area contributed by atoms with Gasteiger partial charge in [-0.1, -0.05) is 18.1 Å². The smallest absolute Gasteiger partial charge is 0.224 e. The number of benzene rings is 1. The number of nitrogens with zero attached hydrogens (tertiary/aromatic N) is 3. The predicted octanol–water partition coefficient (Wildman–Crippen LogP) is 4.46. The molecular formula is C27H35N3O2. The number of piperidine rings is 3. The molecule has 3 saturated heterocycles. The molecule has 1 aromatic heterocycles. The Morgan fingerprint density at radius 1 is 1.16 bits per heavy atom. The van der Waals surface area contributed by atoms with Crippen molar-refractivity contribution in [3.8, 4) is 5.75 Å². The minimum Gasteiger partial charge on any atom is -0.497 e. The van der Waals surface area contributed by atoms with E-state index in [1.54, 1.807) is 12.7 Å². The second-order valence-corrected chi connectivity index (χ2v) is 10.3. The van der Waals surface area contributed by atoms with E-state index in [2.05, 4.69) is 44.8 Å². The number of carbonyl (C=O) groups excluding carboxylic acids is 1. The maximum absolute atomic E-state index is 13.5. The van der Waals surface area contributed by atoms with Crippen LogP contribution in [0.2, 0.25) is 0 Å². The Morgan fingerprint density at radius 3 is 3.00 bits per heavy atom. The second kappa shape index (κ2) is 8.26. The van der Waals surface area contributed by atoms with Gasteiger partial charge in [-0.25, -0.2) is 0 Å². The van der Waals surface area contributed by atoms with Gasteiger partial charge in [0.05, 0.1) is 13.2 Å². The zero-order valence-electron chi connectivity index (χ0n) is 19.2. The molecule has 0 spiro atoms. The Morgan fingerprint density at radius 2 is 2.09 bits per heavy atom. The third-order valence-corrected chi connectivity index (χ3v) is 8.52. The Kier molecular flexibility index (Phi) is 5.25. The zero-order valence-corrected chi connectivity index (χ0v) is 19.2. The molecule has 3 fully saturated rings. The summed E-state index contributed by atoms with van der Waals surface area (Å²) in [6, 6.07) is 9.38. The SMILES string of the molecule is COc1ccc2c(ccn2CCC(=O)N2CCCC3=C[C@H]4C[C@@H](CN5CCCCC45)C32)c1. The molecule has 5 heteroatoms. The number of likely N-dealkylation sites (tertiary alicyclic amines) is 1. The maximum Gasteiger partial charge on any atom is 0.224 e. The Labute approximate surface area is 191 Å². The summed E-state index contributed by atoms with van der Waals surface area (Å²) in [5.41, 5.74) is 2.75. The summed E-state index contributed by atoms with van der Waals surface area (Å²) in [5.74, 6) is 2.55. The summed E-state index contributed by atoms with van der Waals surface area (Å²) in [4.78, 5) is 18.5. The van der Waals surface area contributed by atoms with Crippen LogP contribution in [0.5, 0.6) is 5.75 Å². The van der Waals surface area contributed by atoms with Crippen LogP contribution in [-0.4, -0.2) is 59.1 Å². The molecule has 0 radical (unpaired) electrons. The number of methoxy groups -OCH3 is 1. The van der Waals surface area contributed by atoms with E-state index < -0.39 is 0 Å². The van der Waals surface area contributed by atoms with Gasteiger partial charge in [0.2, 0.25) is 5.91 Å². The zero-order chi connectivity index (χ0) is 21.7. The molecule has 5 nitrogen and oxygen atoms in total. The summed E-state index contributed by atoms with van der Waals surface area (Å²) in [5, 5.41) is 1.16. The van der Waals surface area contributed by atoms with Gasteiger partial charge in [-0.05, 0) is 74.8 Å². The molecule has 2 aromatic rings. The van der Waals surface area contributed by atoms with Crippen molar-refractivity contribution in [3.05, 3.63) is 42.1 Å². The molecule has 1 aromatic carbocycles. The van der Waals surface area contributed by atoms with Gasteiger partial charge >= 0.3 is 0 Å². The molecule has 32 heavy (non-hydrogen) atoms. The first-order chi connectivity index (χ1) is 15.7. The third kappa shape index (κ3) is 3.45. The number of rotatable bonds is 4. The standard InChI is InChI=1S/C27H35N3O2/c1-32-23-7-8-25-19(17-23)9-13-28(25)14-10-26(31)30-12-4-5-20-15-21-16-22(27(20)30)18-29-11-3-2-6-24(21)29/h7-9,13,15,17,21-22,24,27H,2-6,10-12,14,16,18H2,1H3/t21-,22-,24?,27?/m0/s1. The average Bonchev–Trinajstić information content (AvgIpc) is 3.24. The first kappa shape index (κ1) is 20.3. The molecule has 170 valence electrons. The Hall–Kier alpha value is -2.27. The van der Waals surface area contributed by atoms with Crippen LogP contribution in [0.4, 0.5) is 0 Å². The van der Waals surface area contributed by atoms with Crippen LogP contribution in [0.1, 0.15) is 44.9 Å². The van der Waals surface area contributed by atoms with Gasteiger partial charge in [0.15, 0.2) is 0 Å². The first-order valence-corrected chi connectivity index (χ1v) is 12.6. The highest BCUT2D eigenvalue weighted by Gasteiger charge is 2.46. The first-order valence-electron chi connectivity index (χ1n) is 12.6. The van der Waals surface area contributed by atoms with Gasteiger partial charge in [0.25, 0.3) is 0 Å². The molecule has 1 aliphatic carbocycles. The van der Waals surface area contributed by atoms with Crippen LogP contribution < -0.4 is 4.74 Å². The van der Waals surface area contributed by atoms with E-state index in [-0.39, 0.29) is 0 Å². The van der Waals surface area contributed by atoms with Crippen molar-refractivity contribution in [1.82, 2.24) is 14.4 Å². The van der Waals surface area contributed by atoms with Crippen LogP contribution in [-0.2, 0) is 11.3 Å². The molecule has 0 N–H and O–H groups in total. The molecule has 2 unspecified atom stereocenters. The van der Waals surface area contributed by atoms with E-state index in [4.69, 9.17) is 4.74 Å². The summed E-state index contributed by atoms with van der Waals surface area (Å²) in [6.45, 7) is 4.11. The highest BCUT2D eigenvalue weighted by molar-refractivity contribution is 5.82. The lowest BCUT2D eigenvalue weighted by Gasteiger charge is -2.54. The van der Waals surface area contributed by atoms with Crippen LogP contribution in [0.25, 0.3) is 10.9 Å². The van der Waals surface area contributed by atoms with Gasteiger partial charge in [-0.2, -0.15) is 0 Å². The van der Waals surface area contributed by atoms with Crippen molar-refractivity contribution in [2.24, 2.45) is 11.8 Å². The molecule has 4 atom stereocenters. The normalized spacial score (nSPS) is 29.9. The monoisotopic (exact) mass is 433 g/mol. The van der Waals surface area contributed by atoms with Crippen molar-refractivity contribution in [2.45, 2.75) is 63.6 Å². The van der Waals surface area contributed by atoms with Crippen molar-refractivity contribution in [2.75, 3.05) is 26.7 Å². The van der Waals surface area contributed by atoms with Crippen LogP contribution in [0.15, 0.2) is 42.1 Å². The minimum absolute atomic E-state index is 0.329. The molecule has 2 bridgehead atoms. The average molecular weight is 434 g/mol. The number of hydrogen-bond donors (Lipinski definition) is 0. The lowest BCUT2D eigenvalue weighted by molar-refractivity contribution is -0.136. The number of fused-ring (bicyclic) bond motifs is 7. The van der Waals surface area contributed by atoms with E-state index in [0.717, 1.165) is 42.6 Å². The molecule has 6 rings (SSSR count). The Balaban J connectivity index is 1.18. The summed E-state index contributed by atoms with van der Waals surface area (Å²) < 4.78 is 7.56.